The highest BCUT2D eigenvalue weighted by atomic mass is 127. The molecule has 1 N–H and O–H groups in total. The fourth-order valence-electron chi connectivity index (χ4n) is 2.44. The van der Waals surface area contributed by atoms with Crippen LogP contribution in [0.25, 0.3) is 0 Å². The van der Waals surface area contributed by atoms with E-state index in [1.165, 1.54) is 0 Å². The number of halogens is 6. The van der Waals surface area contributed by atoms with Crippen molar-refractivity contribution in [3.05, 3.63) is 59.2 Å². The Labute approximate surface area is 184 Å². The fourth-order valence-corrected chi connectivity index (χ4v) is 4.44. The van der Waals surface area contributed by atoms with Crippen molar-refractivity contribution in [2.75, 3.05) is 0 Å². The van der Waals surface area contributed by atoms with E-state index in [0.717, 1.165) is 3.57 Å². The quantitative estimate of drug-likeness (QED) is 0.113. The van der Waals surface area contributed by atoms with E-state index in [1.54, 1.807) is 12.1 Å². The first-order chi connectivity index (χ1) is 13.0. The zero-order chi connectivity index (χ0) is 21.3. The number of hydrogen-bond acceptors (Lipinski definition) is 3. The van der Waals surface area contributed by atoms with Crippen molar-refractivity contribution in [2.24, 2.45) is 0 Å². The van der Waals surface area contributed by atoms with Gasteiger partial charge in [0.05, 0.1) is 3.57 Å². The first-order valence-electron chi connectivity index (χ1n) is 7.81. The molecule has 0 saturated heterocycles. The predicted octanol–water partition coefficient (Wildman–Crippen LogP) is 5.88. The van der Waals surface area contributed by atoms with Crippen molar-refractivity contribution in [3.63, 3.8) is 0 Å². The molecule has 0 radical (unpaired) electrons. The summed E-state index contributed by atoms with van der Waals surface area (Å²) in [4.78, 5) is 23.7. The molecule has 0 aliphatic carbocycles. The number of benzene rings is 2. The largest absolute Gasteiger partial charge is 0.478 e. The molecular formula is C18H12F4I2O4. The number of carboxylic acid groups (broad SMARTS) is 1. The van der Waals surface area contributed by atoms with Gasteiger partial charge >= 0.3 is 11.9 Å². The van der Waals surface area contributed by atoms with E-state index in [4.69, 9.17) is 9.84 Å². The topological polar surface area (TPSA) is 63.6 Å². The van der Waals surface area contributed by atoms with E-state index < -0.39 is 46.3 Å². The maximum Gasteiger partial charge on any atom is 0.347 e. The summed E-state index contributed by atoms with van der Waals surface area (Å²) in [5, 5.41) is 9.07. The van der Waals surface area contributed by atoms with Gasteiger partial charge in [-0.1, -0.05) is 13.8 Å². The summed E-state index contributed by atoms with van der Waals surface area (Å²) in [5.74, 6) is -12.8. The van der Waals surface area contributed by atoms with Crippen molar-refractivity contribution < 1.29 is 37.0 Å². The Hall–Kier alpha value is -1.44. The van der Waals surface area contributed by atoms with Crippen LogP contribution in [0.1, 0.15) is 52.5 Å². The predicted molar refractivity (Wildman–Crippen MR) is 109 cm³/mol. The Kier molecular flexibility index (Phi) is 7.28. The Bertz CT molecular complexity index is 979. The molecule has 0 aliphatic heterocycles. The zero-order valence-electron chi connectivity index (χ0n) is 14.4. The standard InChI is InChI=1S/C18H12F4I2O4/c1-3-6(2)8-4-7(23)5-9(24)16(8)28-18(27)11-10(17(25)26)12(19)14(21)15(22)13(11)20/h4-6H,3H2,1-2H3,(H,25,26). The zero-order valence-corrected chi connectivity index (χ0v) is 18.7. The van der Waals surface area contributed by atoms with Gasteiger partial charge in [-0.2, -0.15) is 0 Å². The molecular weight excluding hydrogens is 610 g/mol. The number of hydrogen-bond donors (Lipinski definition) is 1. The Morgan fingerprint density at radius 1 is 1.04 bits per heavy atom. The van der Waals surface area contributed by atoms with E-state index in [-0.39, 0.29) is 11.7 Å². The number of aromatic carboxylic acids is 1. The average Bonchev–Trinajstić information content (AvgIpc) is 2.63. The van der Waals surface area contributed by atoms with Crippen molar-refractivity contribution in [1.82, 2.24) is 0 Å². The van der Waals surface area contributed by atoms with Gasteiger partial charge in [-0.05, 0) is 75.2 Å². The van der Waals surface area contributed by atoms with E-state index in [9.17, 15) is 27.2 Å². The SMILES string of the molecule is CCC(C)c1cc(I)cc(I)c1OC(=O)c1c(F)c(F)c(F)c(F)c1C(=O)O. The summed E-state index contributed by atoms with van der Waals surface area (Å²) in [6.07, 6.45) is 0.662. The molecule has 28 heavy (non-hydrogen) atoms. The van der Waals surface area contributed by atoms with Crippen LogP contribution >= 0.6 is 45.2 Å². The van der Waals surface area contributed by atoms with Crippen LogP contribution in [-0.4, -0.2) is 17.0 Å². The maximum atomic E-state index is 14.2. The van der Waals surface area contributed by atoms with Crippen LogP contribution < -0.4 is 4.74 Å². The minimum absolute atomic E-state index is 0.0150. The second kappa shape index (κ2) is 8.93. The van der Waals surface area contributed by atoms with Gasteiger partial charge < -0.3 is 9.84 Å². The van der Waals surface area contributed by atoms with Crippen LogP contribution in [0.2, 0.25) is 0 Å². The first-order valence-corrected chi connectivity index (χ1v) is 9.97. The minimum Gasteiger partial charge on any atom is -0.478 e. The molecule has 2 aromatic carbocycles. The molecule has 2 rings (SSSR count). The highest BCUT2D eigenvalue weighted by Crippen LogP contribution is 2.36. The number of carbonyl (C=O) groups is 2. The maximum absolute atomic E-state index is 14.2. The molecule has 4 nitrogen and oxygen atoms in total. The molecule has 2 aromatic rings. The Morgan fingerprint density at radius 2 is 1.57 bits per heavy atom. The van der Waals surface area contributed by atoms with Gasteiger partial charge in [0.25, 0.3) is 0 Å². The molecule has 0 heterocycles. The van der Waals surface area contributed by atoms with E-state index in [0.29, 0.717) is 15.6 Å². The molecule has 0 fully saturated rings. The van der Waals surface area contributed by atoms with Crippen molar-refractivity contribution in [1.29, 1.82) is 0 Å². The first kappa shape index (κ1) is 22.8. The summed E-state index contributed by atoms with van der Waals surface area (Å²) in [6.45, 7) is 3.73. The second-order valence-electron chi connectivity index (χ2n) is 5.82. The molecule has 0 saturated carbocycles. The van der Waals surface area contributed by atoms with Gasteiger partial charge in [0.15, 0.2) is 23.3 Å². The second-order valence-corrected chi connectivity index (χ2v) is 8.22. The number of carbonyl (C=O) groups excluding carboxylic acids is 1. The third-order valence-electron chi connectivity index (χ3n) is 4.06. The number of rotatable bonds is 5. The van der Waals surface area contributed by atoms with Crippen LogP contribution in [0.5, 0.6) is 5.75 Å². The molecule has 0 aliphatic rings. The Morgan fingerprint density at radius 3 is 2.07 bits per heavy atom. The third kappa shape index (κ3) is 4.26. The van der Waals surface area contributed by atoms with Crippen LogP contribution in [0.15, 0.2) is 12.1 Å². The van der Waals surface area contributed by atoms with E-state index in [2.05, 4.69) is 22.6 Å². The van der Waals surface area contributed by atoms with Crippen LogP contribution in [0, 0.1) is 30.4 Å². The molecule has 0 amide bonds. The highest BCUT2D eigenvalue weighted by Gasteiger charge is 2.34. The molecule has 150 valence electrons. The van der Waals surface area contributed by atoms with Gasteiger partial charge in [-0.15, -0.1) is 0 Å². The fraction of sp³-hybridized carbons (Fsp3) is 0.222. The van der Waals surface area contributed by atoms with Crippen LogP contribution in [0.3, 0.4) is 0 Å². The molecule has 1 atom stereocenters. The smallest absolute Gasteiger partial charge is 0.347 e. The van der Waals surface area contributed by atoms with Gasteiger partial charge in [0.2, 0.25) is 0 Å². The van der Waals surface area contributed by atoms with E-state index >= 15 is 0 Å². The monoisotopic (exact) mass is 622 g/mol. The van der Waals surface area contributed by atoms with Crippen molar-refractivity contribution in [3.8, 4) is 5.75 Å². The van der Waals surface area contributed by atoms with Crippen molar-refractivity contribution in [2.45, 2.75) is 26.2 Å². The molecule has 10 heteroatoms. The third-order valence-corrected chi connectivity index (χ3v) is 5.48. The highest BCUT2D eigenvalue weighted by molar-refractivity contribution is 14.1. The normalized spacial score (nSPS) is 12.0. The summed E-state index contributed by atoms with van der Waals surface area (Å²) in [7, 11) is 0. The van der Waals surface area contributed by atoms with Gasteiger partial charge in [0.1, 0.15) is 16.9 Å². The number of carboxylic acids is 1. The average molecular weight is 622 g/mol. The summed E-state index contributed by atoms with van der Waals surface area (Å²) in [6, 6.07) is 3.37. The summed E-state index contributed by atoms with van der Waals surface area (Å²) >= 11 is 3.91. The molecule has 0 bridgehead atoms. The lowest BCUT2D eigenvalue weighted by Crippen LogP contribution is -2.21. The van der Waals surface area contributed by atoms with Crippen LogP contribution in [-0.2, 0) is 0 Å². The lowest BCUT2D eigenvalue weighted by Gasteiger charge is -2.18. The minimum atomic E-state index is -2.32. The van der Waals surface area contributed by atoms with Crippen molar-refractivity contribution >= 4 is 57.1 Å². The Balaban J connectivity index is 2.67. The molecule has 0 spiro atoms. The lowest BCUT2D eigenvalue weighted by molar-refractivity contribution is 0.0655. The number of ether oxygens (including phenoxy) is 1. The molecule has 0 aromatic heterocycles. The number of esters is 1. The van der Waals surface area contributed by atoms with Crippen LogP contribution in [0.4, 0.5) is 17.6 Å². The van der Waals surface area contributed by atoms with Gasteiger partial charge in [-0.3, -0.25) is 0 Å². The summed E-state index contributed by atoms with van der Waals surface area (Å²) < 4.78 is 61.5. The van der Waals surface area contributed by atoms with Gasteiger partial charge in [0, 0.05) is 3.57 Å². The molecule has 1 unspecified atom stereocenters. The van der Waals surface area contributed by atoms with Gasteiger partial charge in [-0.25, -0.2) is 27.2 Å². The lowest BCUT2D eigenvalue weighted by atomic mass is 9.97. The van der Waals surface area contributed by atoms with E-state index in [1.807, 2.05) is 36.4 Å². The summed E-state index contributed by atoms with van der Waals surface area (Å²) in [5.41, 5.74) is -2.58.